The number of aromatic nitrogens is 2. The van der Waals surface area contributed by atoms with Crippen LogP contribution in [-0.2, 0) is 28.9 Å². The number of nitrogens with one attached hydrogen (secondary N) is 1. The second-order valence-electron chi connectivity index (χ2n) is 7.85. The number of rotatable bonds is 6. The van der Waals surface area contributed by atoms with Gasteiger partial charge in [-0.15, -0.1) is 11.3 Å². The van der Waals surface area contributed by atoms with Crippen molar-refractivity contribution in [2.45, 2.75) is 76.2 Å². The van der Waals surface area contributed by atoms with E-state index >= 15 is 0 Å². The quantitative estimate of drug-likeness (QED) is 0.573. The third kappa shape index (κ3) is 4.14. The van der Waals surface area contributed by atoms with Crippen LogP contribution in [0.3, 0.4) is 0 Å². The average molecular weight is 422 g/mol. The van der Waals surface area contributed by atoms with Gasteiger partial charge in [-0.3, -0.25) is 14.2 Å². The summed E-state index contributed by atoms with van der Waals surface area (Å²) < 4.78 is 7.54. The molecular weight excluding hydrogens is 394 g/mol. The number of thiophene rings is 1. The highest BCUT2D eigenvalue weighted by Crippen LogP contribution is 2.35. The predicted octanol–water partition coefficient (Wildman–Crippen LogP) is 3.13. The summed E-state index contributed by atoms with van der Waals surface area (Å²) in [5, 5.41) is 4.33. The lowest BCUT2D eigenvalue weighted by Crippen LogP contribution is -2.32. The summed E-state index contributed by atoms with van der Waals surface area (Å²) in [7, 11) is 0. The van der Waals surface area contributed by atoms with Crippen LogP contribution in [0.4, 0.5) is 0 Å². The summed E-state index contributed by atoms with van der Waals surface area (Å²) in [6, 6.07) is 0.0987. The standard InChI is InChI=1S/C20H27N3O3S2/c1-12(2)21-16(24)11-27-20-22-18-17(14-7-3-4-8-15(14)28-18)19(25)23(20)10-13-6-5-9-26-13/h12-13H,3-11H2,1-2H3,(H,21,24). The fourth-order valence-corrected chi connectivity index (χ4v) is 6.10. The molecule has 1 amide bonds. The molecular formula is C20H27N3O3S2. The van der Waals surface area contributed by atoms with Crippen molar-refractivity contribution in [2.24, 2.45) is 0 Å². The van der Waals surface area contributed by atoms with E-state index in [2.05, 4.69) is 5.32 Å². The number of carbonyl (C=O) groups excluding carboxylic acids is 1. The number of ether oxygens (including phenoxy) is 1. The average Bonchev–Trinajstić information content (AvgIpc) is 3.29. The molecule has 3 heterocycles. The van der Waals surface area contributed by atoms with Crippen LogP contribution in [0.15, 0.2) is 9.95 Å². The first-order chi connectivity index (χ1) is 13.5. The van der Waals surface area contributed by atoms with Gasteiger partial charge in [-0.1, -0.05) is 11.8 Å². The monoisotopic (exact) mass is 421 g/mol. The van der Waals surface area contributed by atoms with Crippen LogP contribution in [0.2, 0.25) is 0 Å². The number of carbonyl (C=O) groups is 1. The molecule has 1 aliphatic carbocycles. The predicted molar refractivity (Wildman–Crippen MR) is 113 cm³/mol. The Morgan fingerprint density at radius 1 is 1.36 bits per heavy atom. The molecule has 8 heteroatoms. The van der Waals surface area contributed by atoms with Crippen molar-refractivity contribution < 1.29 is 9.53 Å². The minimum Gasteiger partial charge on any atom is -0.376 e. The van der Waals surface area contributed by atoms with Gasteiger partial charge in [0.25, 0.3) is 5.56 Å². The Morgan fingerprint density at radius 3 is 2.93 bits per heavy atom. The van der Waals surface area contributed by atoms with Crippen LogP contribution < -0.4 is 10.9 Å². The topological polar surface area (TPSA) is 73.2 Å². The number of amides is 1. The van der Waals surface area contributed by atoms with Gasteiger partial charge in [0.15, 0.2) is 5.16 Å². The van der Waals surface area contributed by atoms with Crippen molar-refractivity contribution in [2.75, 3.05) is 12.4 Å². The number of hydrogen-bond acceptors (Lipinski definition) is 6. The molecule has 1 saturated heterocycles. The summed E-state index contributed by atoms with van der Waals surface area (Å²) in [5.41, 5.74) is 1.24. The molecule has 2 aromatic heterocycles. The van der Waals surface area contributed by atoms with Gasteiger partial charge in [-0.25, -0.2) is 4.98 Å². The maximum absolute atomic E-state index is 13.5. The Kier molecular flexibility index (Phi) is 6.08. The fourth-order valence-electron chi connectivity index (χ4n) is 3.98. The van der Waals surface area contributed by atoms with E-state index in [9.17, 15) is 9.59 Å². The second kappa shape index (κ2) is 8.55. The maximum atomic E-state index is 13.5. The van der Waals surface area contributed by atoms with Crippen LogP contribution in [0.25, 0.3) is 10.2 Å². The molecule has 1 aliphatic heterocycles. The zero-order valence-electron chi connectivity index (χ0n) is 16.5. The molecule has 1 atom stereocenters. The highest BCUT2D eigenvalue weighted by atomic mass is 32.2. The summed E-state index contributed by atoms with van der Waals surface area (Å²) in [6.45, 7) is 5.15. The van der Waals surface area contributed by atoms with Crippen molar-refractivity contribution in [3.05, 3.63) is 20.8 Å². The van der Waals surface area contributed by atoms with Gasteiger partial charge >= 0.3 is 0 Å². The normalized spacial score (nSPS) is 19.3. The molecule has 152 valence electrons. The molecule has 0 radical (unpaired) electrons. The van der Waals surface area contributed by atoms with Crippen LogP contribution in [0.1, 0.15) is 50.0 Å². The summed E-state index contributed by atoms with van der Waals surface area (Å²) in [4.78, 5) is 32.6. The van der Waals surface area contributed by atoms with Crippen molar-refractivity contribution in [1.29, 1.82) is 0 Å². The van der Waals surface area contributed by atoms with Crippen molar-refractivity contribution in [1.82, 2.24) is 14.9 Å². The molecule has 6 nitrogen and oxygen atoms in total. The lowest BCUT2D eigenvalue weighted by molar-refractivity contribution is -0.119. The zero-order chi connectivity index (χ0) is 19.7. The molecule has 0 saturated carbocycles. The molecule has 1 N–H and O–H groups in total. The molecule has 1 fully saturated rings. The first-order valence-electron chi connectivity index (χ1n) is 10.1. The van der Waals surface area contributed by atoms with Gasteiger partial charge in [0.05, 0.1) is 23.8 Å². The molecule has 2 aliphatic rings. The third-order valence-electron chi connectivity index (χ3n) is 5.23. The van der Waals surface area contributed by atoms with Gasteiger partial charge in [0.1, 0.15) is 4.83 Å². The van der Waals surface area contributed by atoms with E-state index in [1.165, 1.54) is 28.6 Å². The van der Waals surface area contributed by atoms with Crippen molar-refractivity contribution >= 4 is 39.2 Å². The number of hydrogen-bond donors (Lipinski definition) is 1. The summed E-state index contributed by atoms with van der Waals surface area (Å²) in [6.07, 6.45) is 6.37. The number of aryl methyl sites for hydroxylation is 2. The number of fused-ring (bicyclic) bond motifs is 3. The summed E-state index contributed by atoms with van der Waals surface area (Å²) >= 11 is 3.00. The van der Waals surface area contributed by atoms with Gasteiger partial charge in [0.2, 0.25) is 5.91 Å². The Balaban J connectivity index is 1.70. The molecule has 0 spiro atoms. The Bertz CT molecular complexity index is 929. The molecule has 4 rings (SSSR count). The summed E-state index contributed by atoms with van der Waals surface area (Å²) in [5.74, 6) is 0.218. The van der Waals surface area contributed by atoms with Gasteiger partial charge in [-0.05, 0) is 57.9 Å². The van der Waals surface area contributed by atoms with E-state index in [0.29, 0.717) is 11.7 Å². The van der Waals surface area contributed by atoms with Crippen molar-refractivity contribution in [3.8, 4) is 0 Å². The zero-order valence-corrected chi connectivity index (χ0v) is 18.1. The van der Waals surface area contributed by atoms with Gasteiger partial charge < -0.3 is 10.1 Å². The van der Waals surface area contributed by atoms with Gasteiger partial charge in [-0.2, -0.15) is 0 Å². The Labute approximate surface area is 173 Å². The van der Waals surface area contributed by atoms with Crippen LogP contribution in [-0.4, -0.2) is 40.0 Å². The SMILES string of the molecule is CC(C)NC(=O)CSc1nc2sc3c(c2c(=O)n1CC1CCCO1)CCCC3. The van der Waals surface area contributed by atoms with Crippen molar-refractivity contribution in [3.63, 3.8) is 0 Å². The minimum absolute atomic E-state index is 0.0340. The van der Waals surface area contributed by atoms with Crippen LogP contribution in [0, 0.1) is 0 Å². The minimum atomic E-state index is -0.0384. The maximum Gasteiger partial charge on any atom is 0.263 e. The Hall–Kier alpha value is -1.38. The van der Waals surface area contributed by atoms with E-state index < -0.39 is 0 Å². The second-order valence-corrected chi connectivity index (χ2v) is 9.87. The number of thioether (sulfide) groups is 1. The van der Waals surface area contributed by atoms with E-state index in [4.69, 9.17) is 9.72 Å². The number of nitrogens with zero attached hydrogens (tertiary/aromatic N) is 2. The highest BCUT2D eigenvalue weighted by Gasteiger charge is 2.25. The lowest BCUT2D eigenvalue weighted by Gasteiger charge is -2.16. The van der Waals surface area contributed by atoms with Gasteiger partial charge in [0, 0.05) is 17.5 Å². The Morgan fingerprint density at radius 2 is 2.18 bits per heavy atom. The molecule has 0 aromatic carbocycles. The molecule has 1 unspecified atom stereocenters. The smallest absolute Gasteiger partial charge is 0.263 e. The van der Waals surface area contributed by atoms with E-state index in [0.717, 1.165) is 48.9 Å². The first-order valence-corrected chi connectivity index (χ1v) is 11.9. The highest BCUT2D eigenvalue weighted by molar-refractivity contribution is 7.99. The molecule has 2 aromatic rings. The van der Waals surface area contributed by atoms with E-state index in [-0.39, 0.29) is 29.4 Å². The first kappa shape index (κ1) is 19.9. The van der Waals surface area contributed by atoms with E-state index in [1.54, 1.807) is 15.9 Å². The largest absolute Gasteiger partial charge is 0.376 e. The van der Waals surface area contributed by atoms with Crippen LogP contribution in [0.5, 0.6) is 0 Å². The van der Waals surface area contributed by atoms with E-state index in [1.807, 2.05) is 13.8 Å². The third-order valence-corrected chi connectivity index (χ3v) is 7.39. The molecule has 0 bridgehead atoms. The molecule has 28 heavy (non-hydrogen) atoms. The lowest BCUT2D eigenvalue weighted by atomic mass is 9.97. The van der Waals surface area contributed by atoms with Crippen LogP contribution >= 0.6 is 23.1 Å². The fraction of sp³-hybridized carbons (Fsp3) is 0.650.